The van der Waals surface area contributed by atoms with Crippen LogP contribution in [0.1, 0.15) is 23.5 Å². The van der Waals surface area contributed by atoms with E-state index in [1.165, 1.54) is 0 Å². The van der Waals surface area contributed by atoms with Crippen molar-refractivity contribution in [3.05, 3.63) is 75.0 Å². The summed E-state index contributed by atoms with van der Waals surface area (Å²) in [4.78, 5) is 44.8. The second kappa shape index (κ2) is 8.00. The number of amides is 2. The van der Waals surface area contributed by atoms with E-state index >= 15 is 0 Å². The molecule has 4 rings (SSSR count). The molecule has 0 unspecified atom stereocenters. The normalized spacial score (nSPS) is 15.1. The van der Waals surface area contributed by atoms with Crippen LogP contribution < -0.4 is 21.5 Å². The Labute approximate surface area is 176 Å². The molecule has 0 aliphatic carbocycles. The fourth-order valence-corrected chi connectivity index (χ4v) is 3.54. The molecule has 0 bridgehead atoms. The second-order valence-corrected chi connectivity index (χ2v) is 7.35. The number of fused-ring (bicyclic) bond motifs is 1. The molecule has 3 aromatic rings. The van der Waals surface area contributed by atoms with Crippen LogP contribution in [-0.2, 0) is 9.59 Å². The van der Waals surface area contributed by atoms with Gasteiger partial charge in [-0.25, -0.2) is 0 Å². The number of para-hydroxylation sites is 1. The molecule has 1 aromatic heterocycles. The zero-order valence-electron chi connectivity index (χ0n) is 16.0. The number of carbonyl (C=O) groups is 2. The third-order valence-corrected chi connectivity index (χ3v) is 5.00. The molecule has 152 valence electrons. The standard InChI is InChI=1S/C21H18ClN5O3/c1-11-7-8-15(14(22)9-11)24-19(29)13-10-16(28)25-18-17(13)20(30)27-21(26-18)23-12-5-3-2-4-6-12/h2-9,13H,10H2,1H3,(H,24,29)(H3,23,25,26,27,28,30)/t13-/m0/s1. The number of aromatic nitrogens is 2. The lowest BCUT2D eigenvalue weighted by molar-refractivity contribution is -0.123. The Balaban J connectivity index is 1.65. The Hall–Kier alpha value is -3.65. The Morgan fingerprint density at radius 2 is 1.93 bits per heavy atom. The van der Waals surface area contributed by atoms with Gasteiger partial charge in [-0.2, -0.15) is 4.98 Å². The maximum absolute atomic E-state index is 12.9. The molecule has 0 saturated heterocycles. The van der Waals surface area contributed by atoms with Crippen LogP contribution in [0.15, 0.2) is 53.3 Å². The highest BCUT2D eigenvalue weighted by molar-refractivity contribution is 6.33. The van der Waals surface area contributed by atoms with E-state index < -0.39 is 23.3 Å². The van der Waals surface area contributed by atoms with Crippen molar-refractivity contribution < 1.29 is 9.59 Å². The quantitative estimate of drug-likeness (QED) is 0.512. The van der Waals surface area contributed by atoms with Crippen molar-refractivity contribution in [1.82, 2.24) is 9.97 Å². The summed E-state index contributed by atoms with van der Waals surface area (Å²) in [5.74, 6) is -1.68. The average Bonchev–Trinajstić information content (AvgIpc) is 2.70. The number of hydrogen-bond acceptors (Lipinski definition) is 5. The highest BCUT2D eigenvalue weighted by atomic mass is 35.5. The molecule has 30 heavy (non-hydrogen) atoms. The number of aryl methyl sites for hydroxylation is 1. The van der Waals surface area contributed by atoms with E-state index in [4.69, 9.17) is 11.6 Å². The minimum absolute atomic E-state index is 0.0589. The van der Waals surface area contributed by atoms with Crippen LogP contribution in [0.2, 0.25) is 5.02 Å². The predicted octanol–water partition coefficient (Wildman–Crippen LogP) is 3.54. The molecule has 0 saturated carbocycles. The zero-order valence-corrected chi connectivity index (χ0v) is 16.7. The van der Waals surface area contributed by atoms with Crippen LogP contribution in [0.5, 0.6) is 0 Å². The average molecular weight is 424 g/mol. The van der Waals surface area contributed by atoms with E-state index in [1.54, 1.807) is 30.3 Å². The first kappa shape index (κ1) is 19.7. The van der Waals surface area contributed by atoms with Crippen LogP contribution in [0.4, 0.5) is 23.1 Å². The molecule has 2 heterocycles. The van der Waals surface area contributed by atoms with Gasteiger partial charge in [0.2, 0.25) is 17.8 Å². The molecule has 0 radical (unpaired) electrons. The van der Waals surface area contributed by atoms with Crippen molar-refractivity contribution in [1.29, 1.82) is 0 Å². The van der Waals surface area contributed by atoms with Crippen molar-refractivity contribution in [3.63, 3.8) is 0 Å². The van der Waals surface area contributed by atoms with Gasteiger partial charge in [-0.1, -0.05) is 35.9 Å². The van der Waals surface area contributed by atoms with Gasteiger partial charge in [-0.3, -0.25) is 19.4 Å². The predicted molar refractivity (Wildman–Crippen MR) is 115 cm³/mol. The summed E-state index contributed by atoms with van der Waals surface area (Å²) in [6.07, 6.45) is -0.168. The third kappa shape index (κ3) is 4.04. The van der Waals surface area contributed by atoms with E-state index in [0.717, 1.165) is 5.56 Å². The van der Waals surface area contributed by atoms with Crippen LogP contribution >= 0.6 is 11.6 Å². The van der Waals surface area contributed by atoms with Gasteiger partial charge in [0.1, 0.15) is 5.82 Å². The molecule has 4 N–H and O–H groups in total. The first-order valence-corrected chi connectivity index (χ1v) is 9.61. The summed E-state index contributed by atoms with van der Waals surface area (Å²) in [6, 6.07) is 14.3. The lowest BCUT2D eigenvalue weighted by Gasteiger charge is -2.24. The summed E-state index contributed by atoms with van der Waals surface area (Å²) in [5.41, 5.74) is 1.67. The number of anilines is 4. The van der Waals surface area contributed by atoms with E-state index in [9.17, 15) is 14.4 Å². The number of halogens is 1. The Kier molecular flexibility index (Phi) is 5.24. The van der Waals surface area contributed by atoms with Gasteiger partial charge in [0, 0.05) is 12.1 Å². The fourth-order valence-electron chi connectivity index (χ4n) is 3.25. The minimum atomic E-state index is -0.992. The largest absolute Gasteiger partial charge is 0.326 e. The van der Waals surface area contributed by atoms with Crippen molar-refractivity contribution in [2.45, 2.75) is 19.3 Å². The minimum Gasteiger partial charge on any atom is -0.326 e. The van der Waals surface area contributed by atoms with Gasteiger partial charge in [0.05, 0.1) is 22.2 Å². The number of rotatable bonds is 4. The number of carbonyl (C=O) groups excluding carboxylic acids is 2. The van der Waals surface area contributed by atoms with Gasteiger partial charge in [-0.15, -0.1) is 0 Å². The van der Waals surface area contributed by atoms with Crippen molar-refractivity contribution in [2.75, 3.05) is 16.0 Å². The zero-order chi connectivity index (χ0) is 21.3. The second-order valence-electron chi connectivity index (χ2n) is 6.95. The first-order chi connectivity index (χ1) is 14.4. The van der Waals surface area contributed by atoms with Gasteiger partial charge in [0.25, 0.3) is 5.56 Å². The van der Waals surface area contributed by atoms with Crippen LogP contribution in [0.25, 0.3) is 0 Å². The van der Waals surface area contributed by atoms with Gasteiger partial charge in [0.15, 0.2) is 0 Å². The first-order valence-electron chi connectivity index (χ1n) is 9.24. The molecule has 2 aromatic carbocycles. The van der Waals surface area contributed by atoms with Crippen LogP contribution in [0.3, 0.4) is 0 Å². The molecule has 0 fully saturated rings. The van der Waals surface area contributed by atoms with Crippen molar-refractivity contribution in [2.24, 2.45) is 0 Å². The lowest BCUT2D eigenvalue weighted by Crippen LogP contribution is -2.36. The molecule has 9 heteroatoms. The summed E-state index contributed by atoms with van der Waals surface area (Å²) in [6.45, 7) is 1.88. The van der Waals surface area contributed by atoms with E-state index in [-0.39, 0.29) is 23.8 Å². The van der Waals surface area contributed by atoms with Gasteiger partial charge >= 0.3 is 0 Å². The summed E-state index contributed by atoms with van der Waals surface area (Å²) in [7, 11) is 0. The fraction of sp³-hybridized carbons (Fsp3) is 0.143. The highest BCUT2D eigenvalue weighted by Gasteiger charge is 2.35. The smallest absolute Gasteiger partial charge is 0.258 e. The molecule has 1 aliphatic heterocycles. The molecule has 8 nitrogen and oxygen atoms in total. The maximum atomic E-state index is 12.9. The van der Waals surface area contributed by atoms with Gasteiger partial charge < -0.3 is 16.0 Å². The summed E-state index contributed by atoms with van der Waals surface area (Å²) >= 11 is 6.19. The lowest BCUT2D eigenvalue weighted by atomic mass is 9.92. The molecule has 2 amide bonds. The number of benzene rings is 2. The number of nitrogens with one attached hydrogen (secondary N) is 4. The molecule has 1 atom stereocenters. The highest BCUT2D eigenvalue weighted by Crippen LogP contribution is 2.31. The molecule has 1 aliphatic rings. The van der Waals surface area contributed by atoms with Crippen LogP contribution in [0, 0.1) is 6.92 Å². The summed E-state index contributed by atoms with van der Waals surface area (Å²) < 4.78 is 0. The van der Waals surface area contributed by atoms with Crippen molar-refractivity contribution in [3.8, 4) is 0 Å². The molecular formula is C21H18ClN5O3. The topological polar surface area (TPSA) is 116 Å². The number of H-pyrrole nitrogens is 1. The SMILES string of the molecule is Cc1ccc(NC(=O)[C@H]2CC(=O)Nc3nc(Nc4ccccc4)[nH]c(=O)c32)c(Cl)c1. The van der Waals surface area contributed by atoms with E-state index in [1.807, 2.05) is 25.1 Å². The Morgan fingerprint density at radius 3 is 2.67 bits per heavy atom. The third-order valence-electron chi connectivity index (χ3n) is 4.69. The summed E-state index contributed by atoms with van der Waals surface area (Å²) in [5, 5.41) is 8.63. The monoisotopic (exact) mass is 423 g/mol. The number of nitrogens with zero attached hydrogens (tertiary/aromatic N) is 1. The number of aromatic amines is 1. The Bertz CT molecular complexity index is 1190. The van der Waals surface area contributed by atoms with Crippen LogP contribution in [-0.4, -0.2) is 21.8 Å². The van der Waals surface area contributed by atoms with E-state index in [2.05, 4.69) is 25.9 Å². The van der Waals surface area contributed by atoms with E-state index in [0.29, 0.717) is 16.4 Å². The molecule has 0 spiro atoms. The molecular weight excluding hydrogens is 406 g/mol. The maximum Gasteiger partial charge on any atom is 0.258 e. The Morgan fingerprint density at radius 1 is 1.17 bits per heavy atom. The van der Waals surface area contributed by atoms with Crippen molar-refractivity contribution >= 4 is 46.6 Å². The number of hydrogen-bond donors (Lipinski definition) is 4. The van der Waals surface area contributed by atoms with Gasteiger partial charge in [-0.05, 0) is 36.8 Å².